The van der Waals surface area contributed by atoms with Crippen LogP contribution in [0.1, 0.15) is 83.1 Å². The standard InChI is InChI=1S/C26H33NS/c1-2-3-4-5-7-18-26(19-8-6-9-20-26)24-14-10-22(11-15-24)23-12-16-25(17-13-23)27-21-28/h10-17H,2-9,18-20H2,1H3. The number of nitrogens with zero attached hydrogens (tertiary/aromatic N) is 1. The number of isothiocyanates is 1. The van der Waals surface area contributed by atoms with Crippen LogP contribution in [0.5, 0.6) is 0 Å². The quantitative estimate of drug-likeness (QED) is 0.237. The van der Waals surface area contributed by atoms with Gasteiger partial charge in [0.2, 0.25) is 0 Å². The Bertz CT molecular complexity index is 763. The van der Waals surface area contributed by atoms with Crippen molar-refractivity contribution in [3.63, 3.8) is 0 Å². The normalized spacial score (nSPS) is 15.8. The Morgan fingerprint density at radius 3 is 2.04 bits per heavy atom. The average molecular weight is 392 g/mol. The second-order valence-electron chi connectivity index (χ2n) is 8.33. The highest BCUT2D eigenvalue weighted by Gasteiger charge is 2.33. The zero-order valence-electron chi connectivity index (χ0n) is 17.3. The summed E-state index contributed by atoms with van der Waals surface area (Å²) in [5.41, 5.74) is 5.34. The summed E-state index contributed by atoms with van der Waals surface area (Å²) < 4.78 is 0. The van der Waals surface area contributed by atoms with Crippen molar-refractivity contribution in [2.45, 2.75) is 83.0 Å². The summed E-state index contributed by atoms with van der Waals surface area (Å²) in [5.74, 6) is 0. The van der Waals surface area contributed by atoms with E-state index in [1.54, 1.807) is 5.56 Å². The van der Waals surface area contributed by atoms with Gasteiger partial charge in [0.25, 0.3) is 0 Å². The number of hydrogen-bond donors (Lipinski definition) is 0. The summed E-state index contributed by atoms with van der Waals surface area (Å²) >= 11 is 4.68. The first-order valence-corrected chi connectivity index (χ1v) is 11.5. The predicted molar refractivity (Wildman–Crippen MR) is 125 cm³/mol. The highest BCUT2D eigenvalue weighted by Crippen LogP contribution is 2.44. The molecule has 0 radical (unpaired) electrons. The van der Waals surface area contributed by atoms with Gasteiger partial charge in [-0.1, -0.05) is 94.7 Å². The van der Waals surface area contributed by atoms with Gasteiger partial charge in [-0.25, -0.2) is 0 Å². The molecule has 1 aliphatic rings. The van der Waals surface area contributed by atoms with E-state index in [4.69, 9.17) is 0 Å². The molecule has 1 nitrogen and oxygen atoms in total. The molecule has 1 fully saturated rings. The fraction of sp³-hybridized carbons (Fsp3) is 0.500. The molecule has 0 unspecified atom stereocenters. The first-order chi connectivity index (χ1) is 13.8. The van der Waals surface area contributed by atoms with Crippen molar-refractivity contribution in [1.82, 2.24) is 0 Å². The van der Waals surface area contributed by atoms with Crippen LogP contribution in [0, 0.1) is 0 Å². The first kappa shape index (κ1) is 21.0. The SMILES string of the molecule is CCCCCCCC1(c2ccc(-c3ccc(N=C=S)cc3)cc2)CCCCC1. The Morgan fingerprint density at radius 1 is 0.821 bits per heavy atom. The lowest BCUT2D eigenvalue weighted by Crippen LogP contribution is -2.29. The van der Waals surface area contributed by atoms with Gasteiger partial charge in [0, 0.05) is 0 Å². The molecule has 0 heterocycles. The highest BCUT2D eigenvalue weighted by molar-refractivity contribution is 7.78. The van der Waals surface area contributed by atoms with Crippen LogP contribution in [0.4, 0.5) is 5.69 Å². The van der Waals surface area contributed by atoms with Crippen LogP contribution in [-0.2, 0) is 5.41 Å². The largest absolute Gasteiger partial charge is 0.195 e. The van der Waals surface area contributed by atoms with Gasteiger partial charge < -0.3 is 0 Å². The number of rotatable bonds is 9. The molecule has 0 atom stereocenters. The fourth-order valence-electron chi connectivity index (χ4n) is 4.78. The molecule has 3 rings (SSSR count). The smallest absolute Gasteiger partial charge is 0.0739 e. The van der Waals surface area contributed by atoms with E-state index in [1.807, 2.05) is 12.1 Å². The molecule has 28 heavy (non-hydrogen) atoms. The van der Waals surface area contributed by atoms with Crippen molar-refractivity contribution in [3.8, 4) is 11.1 Å². The number of hydrogen-bond acceptors (Lipinski definition) is 2. The second kappa shape index (κ2) is 10.7. The molecule has 2 heteroatoms. The van der Waals surface area contributed by atoms with Crippen LogP contribution in [-0.4, -0.2) is 5.16 Å². The highest BCUT2D eigenvalue weighted by atomic mass is 32.1. The van der Waals surface area contributed by atoms with E-state index in [9.17, 15) is 0 Å². The summed E-state index contributed by atoms with van der Waals surface area (Å²) in [5, 5.41) is 2.43. The van der Waals surface area contributed by atoms with Crippen molar-refractivity contribution >= 4 is 23.1 Å². The number of thiocarbonyl (C=S) groups is 1. The topological polar surface area (TPSA) is 12.4 Å². The van der Waals surface area contributed by atoms with Gasteiger partial charge in [-0.3, -0.25) is 0 Å². The maximum atomic E-state index is 4.68. The fourth-order valence-corrected chi connectivity index (χ4v) is 4.88. The van der Waals surface area contributed by atoms with Crippen LogP contribution in [0.3, 0.4) is 0 Å². The van der Waals surface area contributed by atoms with Gasteiger partial charge in [-0.15, -0.1) is 0 Å². The minimum atomic E-state index is 0.418. The lowest BCUT2D eigenvalue weighted by molar-refractivity contribution is 0.265. The Morgan fingerprint density at radius 2 is 1.43 bits per heavy atom. The summed E-state index contributed by atoms with van der Waals surface area (Å²) in [7, 11) is 0. The van der Waals surface area contributed by atoms with Crippen molar-refractivity contribution in [1.29, 1.82) is 0 Å². The van der Waals surface area contributed by atoms with Crippen LogP contribution in [0.2, 0.25) is 0 Å². The molecular weight excluding hydrogens is 358 g/mol. The van der Waals surface area contributed by atoms with Crippen molar-refractivity contribution in [2.24, 2.45) is 4.99 Å². The molecule has 0 spiro atoms. The molecule has 0 bridgehead atoms. The lowest BCUT2D eigenvalue weighted by atomic mass is 9.66. The third-order valence-electron chi connectivity index (χ3n) is 6.44. The van der Waals surface area contributed by atoms with Crippen LogP contribution in [0.25, 0.3) is 11.1 Å². The molecule has 1 aliphatic carbocycles. The third-order valence-corrected chi connectivity index (χ3v) is 6.53. The van der Waals surface area contributed by atoms with E-state index in [1.165, 1.54) is 81.8 Å². The van der Waals surface area contributed by atoms with Crippen LogP contribution < -0.4 is 0 Å². The third kappa shape index (κ3) is 5.40. The second-order valence-corrected chi connectivity index (χ2v) is 8.52. The Hall–Kier alpha value is -1.76. The molecular formula is C26H33NS. The van der Waals surface area contributed by atoms with Gasteiger partial charge in [-0.2, -0.15) is 4.99 Å². The molecule has 2 aromatic carbocycles. The molecule has 0 aromatic heterocycles. The van der Waals surface area contributed by atoms with Crippen LogP contribution >= 0.6 is 12.2 Å². The maximum absolute atomic E-state index is 4.68. The van der Waals surface area contributed by atoms with Gasteiger partial charge >= 0.3 is 0 Å². The van der Waals surface area contributed by atoms with E-state index in [0.29, 0.717) is 5.41 Å². The van der Waals surface area contributed by atoms with E-state index < -0.39 is 0 Å². The number of benzene rings is 2. The Kier molecular flexibility index (Phi) is 8.01. The van der Waals surface area contributed by atoms with Gasteiger partial charge in [0.05, 0.1) is 10.8 Å². The minimum absolute atomic E-state index is 0.418. The zero-order valence-corrected chi connectivity index (χ0v) is 18.1. The lowest BCUT2D eigenvalue weighted by Gasteiger charge is -2.38. The number of aliphatic imine (C=N–C) groups is 1. The van der Waals surface area contributed by atoms with E-state index in [-0.39, 0.29) is 0 Å². The summed E-state index contributed by atoms with van der Waals surface area (Å²) in [4.78, 5) is 4.04. The van der Waals surface area contributed by atoms with E-state index in [0.717, 1.165) is 5.69 Å². The Labute approximate surface area is 176 Å². The monoisotopic (exact) mass is 391 g/mol. The van der Waals surface area contributed by atoms with Crippen molar-refractivity contribution in [3.05, 3.63) is 54.1 Å². The summed E-state index contributed by atoms with van der Waals surface area (Å²) in [6.07, 6.45) is 15.2. The number of unbranched alkanes of at least 4 members (excludes halogenated alkanes) is 4. The first-order valence-electron chi connectivity index (χ1n) is 11.1. The molecule has 0 aliphatic heterocycles. The molecule has 0 amide bonds. The van der Waals surface area contributed by atoms with Crippen molar-refractivity contribution < 1.29 is 0 Å². The van der Waals surface area contributed by atoms with Gasteiger partial charge in [0.1, 0.15) is 0 Å². The zero-order chi connectivity index (χ0) is 19.7. The van der Waals surface area contributed by atoms with Crippen LogP contribution in [0.15, 0.2) is 53.5 Å². The molecule has 0 N–H and O–H groups in total. The molecule has 148 valence electrons. The molecule has 1 saturated carbocycles. The summed E-state index contributed by atoms with van der Waals surface area (Å²) in [6.45, 7) is 2.29. The molecule has 0 saturated heterocycles. The van der Waals surface area contributed by atoms with E-state index >= 15 is 0 Å². The van der Waals surface area contributed by atoms with Gasteiger partial charge in [-0.05, 0) is 65.7 Å². The van der Waals surface area contributed by atoms with Crippen molar-refractivity contribution in [2.75, 3.05) is 0 Å². The average Bonchev–Trinajstić information content (AvgIpc) is 2.75. The van der Waals surface area contributed by atoms with Gasteiger partial charge in [0.15, 0.2) is 0 Å². The maximum Gasteiger partial charge on any atom is 0.0739 e. The Balaban J connectivity index is 1.73. The van der Waals surface area contributed by atoms with E-state index in [2.05, 4.69) is 65.7 Å². The summed E-state index contributed by atoms with van der Waals surface area (Å²) in [6, 6.07) is 17.6. The minimum Gasteiger partial charge on any atom is -0.195 e. The molecule has 2 aromatic rings. The predicted octanol–water partition coefficient (Wildman–Crippen LogP) is 8.65.